The summed E-state index contributed by atoms with van der Waals surface area (Å²) in [5.41, 5.74) is 26.0. The zero-order chi connectivity index (χ0) is 68.0. The van der Waals surface area contributed by atoms with Crippen LogP contribution in [-0.2, 0) is 10.8 Å². The first-order valence-electron chi connectivity index (χ1n) is 35.9. The lowest BCUT2D eigenvalue weighted by Crippen LogP contribution is -2.14. The minimum absolute atomic E-state index is 0.0553. The van der Waals surface area contributed by atoms with Crippen LogP contribution in [0, 0.1) is 0 Å². The molecule has 478 valence electrons. The Morgan fingerprint density at radius 3 is 0.912 bits per heavy atom. The summed E-state index contributed by atoms with van der Waals surface area (Å²) in [6.07, 6.45) is 0. The molecule has 0 spiro atoms. The molecule has 0 unspecified atom stereocenters. The van der Waals surface area contributed by atoms with Crippen LogP contribution in [0.1, 0.15) is 49.9 Å². The van der Waals surface area contributed by atoms with E-state index in [4.69, 9.17) is 0 Å². The fourth-order valence-electron chi connectivity index (χ4n) is 18.0. The van der Waals surface area contributed by atoms with Gasteiger partial charge in [-0.1, -0.05) is 325 Å². The molecule has 0 aliphatic heterocycles. The van der Waals surface area contributed by atoms with Gasteiger partial charge in [-0.15, -0.1) is 0 Å². The lowest BCUT2D eigenvalue weighted by Gasteiger charge is -2.22. The Labute approximate surface area is 594 Å². The fraction of sp³-hybridized carbons (Fsp3) is 0.0588. The summed E-state index contributed by atoms with van der Waals surface area (Å²) in [5.74, 6) is 0. The quantitative estimate of drug-likeness (QED) is 0.115. The highest BCUT2D eigenvalue weighted by Crippen LogP contribution is 2.55. The van der Waals surface area contributed by atoms with Crippen LogP contribution in [0.25, 0.3) is 186 Å². The molecule has 0 aromatic heterocycles. The van der Waals surface area contributed by atoms with Gasteiger partial charge in [-0.05, 0) is 263 Å². The number of fused-ring (bicyclic) bond motifs is 16. The van der Waals surface area contributed by atoms with Gasteiger partial charge < -0.3 is 0 Å². The highest BCUT2D eigenvalue weighted by Gasteiger charge is 2.38. The SMILES string of the molecule is CC1(C)c2ccc(-c3c4ccccc4c(-c4ccc(-c5ccc6ccccc6c5)cc4)c4ccccc34)cc2-c2cc3ccccc3cc21.CC1(C)c2ccc(-c3c4ccccc4c(-c4cccc(-c5cc6ccccc6c6ccccc56)c4)c4ccccc34)cc2-c2cc3ccccc3cc21. The van der Waals surface area contributed by atoms with Crippen molar-refractivity contribution in [2.45, 2.75) is 38.5 Å². The van der Waals surface area contributed by atoms with Crippen LogP contribution in [0.15, 0.2) is 352 Å². The van der Waals surface area contributed by atoms with Gasteiger partial charge in [-0.2, -0.15) is 0 Å². The molecule has 0 heterocycles. The second-order valence-corrected chi connectivity index (χ2v) is 29.4. The van der Waals surface area contributed by atoms with Crippen molar-refractivity contribution >= 4 is 97.0 Å². The molecule has 0 N–H and O–H groups in total. The van der Waals surface area contributed by atoms with Crippen molar-refractivity contribution in [2.24, 2.45) is 0 Å². The average molecular weight is 1300 g/mol. The highest BCUT2D eigenvalue weighted by atomic mass is 14.4. The van der Waals surface area contributed by atoms with Crippen LogP contribution in [0.4, 0.5) is 0 Å². The lowest BCUT2D eigenvalue weighted by atomic mass is 9.81. The van der Waals surface area contributed by atoms with Gasteiger partial charge in [0.2, 0.25) is 0 Å². The number of rotatable bonds is 6. The van der Waals surface area contributed by atoms with E-state index >= 15 is 0 Å². The first-order valence-corrected chi connectivity index (χ1v) is 35.9. The standard InChI is InChI=1S/C53H36.C49H34/c1-53(2)49-27-26-38(31-47(49)48-29-33-14-3-4-15-34(33)32-50(48)53)52-44-24-11-9-22-42(44)51(43-23-10-12-25-45(43)52)37-18-13-17-35(28-37)46-30-36-16-5-6-19-39(36)40-20-7-8-21-41(40)46;1-49(2)45-26-25-38(29-43(45)44-28-35-13-5-6-14-36(35)30-46(44)49)48-41-17-9-7-15-39(41)47(40-16-8-10-18-42(40)48)33-22-19-32(20-23-33)37-24-21-31-11-3-4-12-34(31)27-37/h3-32H,1-2H3;3-30H,1-2H3. The van der Waals surface area contributed by atoms with E-state index < -0.39 is 0 Å². The molecule has 0 fully saturated rings. The summed E-state index contributed by atoms with van der Waals surface area (Å²) < 4.78 is 0. The normalized spacial score (nSPS) is 13.3. The van der Waals surface area contributed by atoms with Crippen molar-refractivity contribution in [1.82, 2.24) is 0 Å². The summed E-state index contributed by atoms with van der Waals surface area (Å²) in [4.78, 5) is 0. The Kier molecular flexibility index (Phi) is 13.5. The molecular formula is C102H70. The Hall–Kier alpha value is -12.5. The molecule has 0 saturated heterocycles. The van der Waals surface area contributed by atoms with Gasteiger partial charge in [0, 0.05) is 10.8 Å². The van der Waals surface area contributed by atoms with Crippen molar-refractivity contribution in [2.75, 3.05) is 0 Å². The average Bonchev–Trinajstić information content (AvgIpc) is 1.45. The van der Waals surface area contributed by atoms with E-state index in [1.165, 1.54) is 208 Å². The van der Waals surface area contributed by atoms with Crippen molar-refractivity contribution in [3.8, 4) is 89.0 Å². The largest absolute Gasteiger partial charge is 0.0616 e. The monoisotopic (exact) mass is 1290 g/mol. The molecule has 2 aliphatic rings. The Morgan fingerprint density at radius 1 is 0.147 bits per heavy atom. The number of benzene rings is 19. The van der Waals surface area contributed by atoms with E-state index in [1.807, 2.05) is 0 Å². The Morgan fingerprint density at radius 2 is 0.451 bits per heavy atom. The second-order valence-electron chi connectivity index (χ2n) is 29.4. The minimum atomic E-state index is -0.0669. The molecule has 21 rings (SSSR count). The van der Waals surface area contributed by atoms with Crippen molar-refractivity contribution in [3.05, 3.63) is 374 Å². The van der Waals surface area contributed by atoms with Crippen molar-refractivity contribution in [3.63, 3.8) is 0 Å². The molecular weight excluding hydrogens is 1230 g/mol. The van der Waals surface area contributed by atoms with E-state index in [9.17, 15) is 0 Å². The van der Waals surface area contributed by atoms with Gasteiger partial charge >= 0.3 is 0 Å². The summed E-state index contributed by atoms with van der Waals surface area (Å²) in [6.45, 7) is 9.50. The van der Waals surface area contributed by atoms with E-state index in [-0.39, 0.29) is 10.8 Å². The summed E-state index contributed by atoms with van der Waals surface area (Å²) in [6, 6.07) is 131. The molecule has 0 amide bonds. The van der Waals surface area contributed by atoms with Gasteiger partial charge in [-0.3, -0.25) is 0 Å². The van der Waals surface area contributed by atoms with Gasteiger partial charge in [0.05, 0.1) is 0 Å². The second kappa shape index (κ2) is 23.0. The van der Waals surface area contributed by atoms with Gasteiger partial charge in [0.25, 0.3) is 0 Å². The van der Waals surface area contributed by atoms with Crippen LogP contribution in [-0.4, -0.2) is 0 Å². The smallest absolute Gasteiger partial charge is 0.0159 e. The van der Waals surface area contributed by atoms with Crippen LogP contribution < -0.4 is 0 Å². The fourth-order valence-corrected chi connectivity index (χ4v) is 18.0. The molecule has 0 nitrogen and oxygen atoms in total. The third-order valence-corrected chi connectivity index (χ3v) is 23.0. The maximum absolute atomic E-state index is 2.47. The highest BCUT2D eigenvalue weighted by molar-refractivity contribution is 6.24. The zero-order valence-electron chi connectivity index (χ0n) is 57.5. The molecule has 0 saturated carbocycles. The maximum Gasteiger partial charge on any atom is 0.0159 e. The molecule has 2 aliphatic carbocycles. The van der Waals surface area contributed by atoms with Crippen LogP contribution in [0.2, 0.25) is 0 Å². The number of hydrogen-bond acceptors (Lipinski definition) is 0. The molecule has 0 radical (unpaired) electrons. The summed E-state index contributed by atoms with van der Waals surface area (Å²) >= 11 is 0. The van der Waals surface area contributed by atoms with E-state index in [1.54, 1.807) is 0 Å². The van der Waals surface area contributed by atoms with E-state index in [2.05, 4.69) is 380 Å². The van der Waals surface area contributed by atoms with Gasteiger partial charge in [0.1, 0.15) is 0 Å². The molecule has 19 aromatic rings. The summed E-state index contributed by atoms with van der Waals surface area (Å²) in [5, 5.41) is 23.1. The van der Waals surface area contributed by atoms with Gasteiger partial charge in [-0.25, -0.2) is 0 Å². The molecule has 102 heavy (non-hydrogen) atoms. The van der Waals surface area contributed by atoms with E-state index in [0.29, 0.717) is 0 Å². The summed E-state index contributed by atoms with van der Waals surface area (Å²) in [7, 11) is 0. The molecule has 0 atom stereocenters. The van der Waals surface area contributed by atoms with Crippen LogP contribution in [0.5, 0.6) is 0 Å². The lowest BCUT2D eigenvalue weighted by molar-refractivity contribution is 0.661. The van der Waals surface area contributed by atoms with Gasteiger partial charge in [0.15, 0.2) is 0 Å². The topological polar surface area (TPSA) is 0 Å². The Bertz CT molecular complexity index is 6620. The minimum Gasteiger partial charge on any atom is -0.0616 e. The molecule has 19 aromatic carbocycles. The van der Waals surface area contributed by atoms with Crippen LogP contribution >= 0.6 is 0 Å². The van der Waals surface area contributed by atoms with E-state index in [0.717, 1.165) is 0 Å². The third-order valence-electron chi connectivity index (χ3n) is 23.0. The first-order chi connectivity index (χ1) is 50.1. The molecule has 0 bridgehead atoms. The van der Waals surface area contributed by atoms with Crippen molar-refractivity contribution < 1.29 is 0 Å². The predicted octanol–water partition coefficient (Wildman–Crippen LogP) is 28.4. The third kappa shape index (κ3) is 9.29. The van der Waals surface area contributed by atoms with Crippen LogP contribution in [0.3, 0.4) is 0 Å². The predicted molar refractivity (Wildman–Crippen MR) is 438 cm³/mol. The number of hydrogen-bond donors (Lipinski definition) is 0. The maximum atomic E-state index is 2.47. The van der Waals surface area contributed by atoms with Crippen molar-refractivity contribution in [1.29, 1.82) is 0 Å². The first kappa shape index (κ1) is 59.6. The Balaban J connectivity index is 0.000000137. The molecule has 0 heteroatoms. The zero-order valence-corrected chi connectivity index (χ0v) is 57.5.